The summed E-state index contributed by atoms with van der Waals surface area (Å²) in [5.41, 5.74) is 1.85. The van der Waals surface area contributed by atoms with E-state index in [2.05, 4.69) is 41.9 Å². The van der Waals surface area contributed by atoms with E-state index in [9.17, 15) is 9.59 Å². The molecular weight excluding hydrogens is 400 g/mol. The van der Waals surface area contributed by atoms with E-state index in [1.807, 2.05) is 37.8 Å². The first-order valence-corrected chi connectivity index (χ1v) is 12.1. The van der Waals surface area contributed by atoms with Gasteiger partial charge in [-0.25, -0.2) is 4.79 Å². The Morgan fingerprint density at radius 3 is 2.38 bits per heavy atom. The zero-order valence-corrected chi connectivity index (χ0v) is 20.4. The minimum Gasteiger partial charge on any atom is -0.334 e. The molecule has 2 bridgehead atoms. The summed E-state index contributed by atoms with van der Waals surface area (Å²) in [5, 5.41) is 10.1. The van der Waals surface area contributed by atoms with Gasteiger partial charge in [-0.15, -0.1) is 0 Å². The molecule has 1 aromatic carbocycles. The summed E-state index contributed by atoms with van der Waals surface area (Å²) in [4.78, 5) is 27.7. The van der Waals surface area contributed by atoms with Gasteiger partial charge in [0, 0.05) is 29.7 Å². The normalized spacial score (nSPS) is 31.7. The van der Waals surface area contributed by atoms with Crippen LogP contribution in [0.2, 0.25) is 0 Å². The molecule has 0 aromatic heterocycles. The van der Waals surface area contributed by atoms with Crippen LogP contribution in [0.25, 0.3) is 0 Å². The molecule has 4 atom stereocenters. The molecule has 6 nitrogen and oxygen atoms in total. The highest BCUT2D eigenvalue weighted by Gasteiger charge is 2.50. The van der Waals surface area contributed by atoms with Crippen LogP contribution in [0.5, 0.6) is 0 Å². The van der Waals surface area contributed by atoms with Crippen molar-refractivity contribution in [2.24, 2.45) is 11.8 Å². The number of fused-ring (bicyclic) bond motifs is 3. The van der Waals surface area contributed by atoms with Crippen molar-refractivity contribution < 1.29 is 9.59 Å². The third kappa shape index (κ3) is 5.28. The summed E-state index contributed by atoms with van der Waals surface area (Å²) in [6, 6.07) is 8.21. The molecule has 1 aliphatic heterocycles. The summed E-state index contributed by atoms with van der Waals surface area (Å²) in [6.45, 7) is 12.3. The topological polar surface area (TPSA) is 73.5 Å². The van der Waals surface area contributed by atoms with Gasteiger partial charge in [-0.3, -0.25) is 4.79 Å². The van der Waals surface area contributed by atoms with E-state index in [0.29, 0.717) is 31.5 Å². The highest BCUT2D eigenvalue weighted by atomic mass is 16.2. The second kappa shape index (κ2) is 8.36. The summed E-state index contributed by atoms with van der Waals surface area (Å²) in [6.07, 6.45) is 5.12. The first-order valence-electron chi connectivity index (χ1n) is 12.1. The maximum Gasteiger partial charge on any atom is 0.315 e. The van der Waals surface area contributed by atoms with Crippen molar-refractivity contribution in [2.75, 3.05) is 6.54 Å². The lowest BCUT2D eigenvalue weighted by Crippen LogP contribution is -2.66. The highest BCUT2D eigenvalue weighted by molar-refractivity contribution is 5.79. The summed E-state index contributed by atoms with van der Waals surface area (Å²) < 4.78 is 0. The Morgan fingerprint density at radius 1 is 1.09 bits per heavy atom. The van der Waals surface area contributed by atoms with Gasteiger partial charge in [-0.1, -0.05) is 31.2 Å². The monoisotopic (exact) mass is 440 g/mol. The van der Waals surface area contributed by atoms with Crippen LogP contribution in [-0.4, -0.2) is 40.0 Å². The Labute approximate surface area is 192 Å². The molecular formula is C26H40N4O2. The third-order valence-corrected chi connectivity index (χ3v) is 7.35. The lowest BCUT2D eigenvalue weighted by molar-refractivity contribution is -0.131. The quantitative estimate of drug-likeness (QED) is 0.664. The van der Waals surface area contributed by atoms with Gasteiger partial charge in [0.05, 0.1) is 6.54 Å². The van der Waals surface area contributed by atoms with Gasteiger partial charge in [0.1, 0.15) is 0 Å². The van der Waals surface area contributed by atoms with Crippen LogP contribution in [0, 0.1) is 11.8 Å². The Bertz CT molecular complexity index is 850. The molecule has 6 heteroatoms. The predicted octanol–water partition coefficient (Wildman–Crippen LogP) is 3.94. The van der Waals surface area contributed by atoms with Crippen LogP contribution in [0.15, 0.2) is 24.3 Å². The molecule has 0 saturated heterocycles. The fourth-order valence-corrected chi connectivity index (χ4v) is 6.60. The van der Waals surface area contributed by atoms with E-state index in [0.717, 1.165) is 25.7 Å². The van der Waals surface area contributed by atoms with Gasteiger partial charge in [-0.2, -0.15) is 0 Å². The first-order chi connectivity index (χ1) is 14.9. The molecule has 1 heterocycles. The number of rotatable bonds is 4. The van der Waals surface area contributed by atoms with Crippen molar-refractivity contribution in [1.29, 1.82) is 0 Å². The van der Waals surface area contributed by atoms with Gasteiger partial charge in [0.15, 0.2) is 0 Å². The Kier molecular flexibility index (Phi) is 6.03. The molecule has 3 amide bonds. The summed E-state index contributed by atoms with van der Waals surface area (Å²) in [7, 11) is 0. The molecule has 3 aliphatic rings. The molecule has 1 aromatic rings. The smallest absolute Gasteiger partial charge is 0.315 e. The maximum atomic E-state index is 13.0. The molecule has 0 spiro atoms. The Balaban J connectivity index is 1.40. The van der Waals surface area contributed by atoms with Crippen molar-refractivity contribution in [1.82, 2.24) is 20.9 Å². The van der Waals surface area contributed by atoms with Gasteiger partial charge in [0.2, 0.25) is 5.91 Å². The lowest BCUT2D eigenvalue weighted by atomic mass is 9.58. The van der Waals surface area contributed by atoms with E-state index in [1.165, 1.54) is 17.5 Å². The van der Waals surface area contributed by atoms with Crippen LogP contribution < -0.4 is 16.0 Å². The fraction of sp³-hybridized carbons (Fsp3) is 0.692. The molecule has 2 aliphatic carbocycles. The van der Waals surface area contributed by atoms with Crippen molar-refractivity contribution in [3.8, 4) is 0 Å². The zero-order valence-electron chi connectivity index (χ0n) is 20.4. The standard InChI is InChI=1S/C26H40N4O2/c1-18-10-19-12-25(5,17-26(11-18,13-19)29-23(32)28-24(2,3)4)27-14-22(31)30-15-20-8-6-7-9-21(20)16-30/h6-9,18-19,27H,10-17H2,1-5H3,(H2,28,29,32). The van der Waals surface area contributed by atoms with Crippen molar-refractivity contribution in [2.45, 2.75) is 96.4 Å². The minimum absolute atomic E-state index is 0.0829. The molecule has 176 valence electrons. The maximum absolute atomic E-state index is 13.0. The molecule has 4 unspecified atom stereocenters. The Morgan fingerprint density at radius 2 is 1.75 bits per heavy atom. The molecule has 32 heavy (non-hydrogen) atoms. The highest BCUT2D eigenvalue weighted by Crippen LogP contribution is 2.48. The fourth-order valence-electron chi connectivity index (χ4n) is 6.60. The van der Waals surface area contributed by atoms with E-state index in [4.69, 9.17) is 0 Å². The minimum atomic E-state index is -0.268. The number of carbonyl (C=O) groups is 2. The number of hydrogen-bond donors (Lipinski definition) is 3. The molecule has 4 rings (SSSR count). The van der Waals surface area contributed by atoms with Crippen LogP contribution in [0.1, 0.15) is 77.8 Å². The number of amides is 3. The second-order valence-corrected chi connectivity index (χ2v) is 12.0. The van der Waals surface area contributed by atoms with Crippen molar-refractivity contribution >= 4 is 11.9 Å². The first kappa shape index (κ1) is 23.1. The van der Waals surface area contributed by atoms with E-state index in [-0.39, 0.29) is 28.6 Å². The van der Waals surface area contributed by atoms with Gasteiger partial charge < -0.3 is 20.9 Å². The van der Waals surface area contributed by atoms with Gasteiger partial charge >= 0.3 is 6.03 Å². The third-order valence-electron chi connectivity index (χ3n) is 7.35. The van der Waals surface area contributed by atoms with Crippen LogP contribution in [0.3, 0.4) is 0 Å². The number of nitrogens with one attached hydrogen (secondary N) is 3. The van der Waals surface area contributed by atoms with E-state index >= 15 is 0 Å². The Hall–Kier alpha value is -2.08. The van der Waals surface area contributed by atoms with Gasteiger partial charge in [-0.05, 0) is 82.8 Å². The summed E-state index contributed by atoms with van der Waals surface area (Å²) >= 11 is 0. The van der Waals surface area contributed by atoms with Crippen molar-refractivity contribution in [3.05, 3.63) is 35.4 Å². The number of benzene rings is 1. The van der Waals surface area contributed by atoms with Gasteiger partial charge in [0.25, 0.3) is 0 Å². The number of carbonyl (C=O) groups excluding carboxylic acids is 2. The SMILES string of the molecule is CC1CC2CC(C)(NCC(=O)N3Cc4ccccc4C3)CC(NC(=O)NC(C)(C)C)(C1)C2. The second-order valence-electron chi connectivity index (χ2n) is 12.0. The molecule has 0 radical (unpaired) electrons. The molecule has 2 saturated carbocycles. The molecule has 2 fully saturated rings. The zero-order chi connectivity index (χ0) is 23.1. The lowest BCUT2D eigenvalue weighted by Gasteiger charge is -2.55. The summed E-state index contributed by atoms with van der Waals surface area (Å²) in [5.74, 6) is 1.31. The number of urea groups is 1. The predicted molar refractivity (Wildman–Crippen MR) is 127 cm³/mol. The van der Waals surface area contributed by atoms with Crippen molar-refractivity contribution in [3.63, 3.8) is 0 Å². The largest absolute Gasteiger partial charge is 0.334 e. The molecule has 3 N–H and O–H groups in total. The average Bonchev–Trinajstić information content (AvgIpc) is 3.07. The van der Waals surface area contributed by atoms with Crippen LogP contribution in [0.4, 0.5) is 4.79 Å². The van der Waals surface area contributed by atoms with Crippen LogP contribution in [-0.2, 0) is 17.9 Å². The van der Waals surface area contributed by atoms with E-state index in [1.54, 1.807) is 0 Å². The number of hydrogen-bond acceptors (Lipinski definition) is 3. The average molecular weight is 441 g/mol. The van der Waals surface area contributed by atoms with Crippen LogP contribution >= 0.6 is 0 Å². The van der Waals surface area contributed by atoms with E-state index < -0.39 is 0 Å². The number of nitrogens with zero attached hydrogens (tertiary/aromatic N) is 1.